The van der Waals surface area contributed by atoms with Crippen molar-refractivity contribution in [1.29, 1.82) is 0 Å². The molecule has 13 heteroatoms. The Morgan fingerprint density at radius 3 is 2.00 bits per heavy atom. The fraction of sp³-hybridized carbons (Fsp3) is 0.316. The van der Waals surface area contributed by atoms with Crippen molar-refractivity contribution >= 4 is 37.8 Å². The Kier molecular flexibility index (Phi) is 7.25. The van der Waals surface area contributed by atoms with Crippen LogP contribution in [0.25, 0.3) is 11.1 Å². The molecule has 0 amide bonds. The van der Waals surface area contributed by atoms with E-state index in [9.17, 15) is 35.9 Å². The predicted octanol–water partition coefficient (Wildman–Crippen LogP) is 2.05. The lowest BCUT2D eigenvalue weighted by atomic mass is 9.92. The van der Waals surface area contributed by atoms with E-state index < -0.39 is 49.2 Å². The van der Waals surface area contributed by atoms with Gasteiger partial charge in [-0.2, -0.15) is 0 Å². The number of carbonyl (C=O) groups excluding carboxylic acids is 1. The summed E-state index contributed by atoms with van der Waals surface area (Å²) in [4.78, 5) is 28.9. The van der Waals surface area contributed by atoms with Crippen LogP contribution in [0.1, 0.15) is 39.8 Å². The van der Waals surface area contributed by atoms with Crippen LogP contribution in [0.4, 0.5) is 10.2 Å². The van der Waals surface area contributed by atoms with Gasteiger partial charge in [0.25, 0.3) is 0 Å². The number of esters is 1. The number of carboxylic acids is 1. The van der Waals surface area contributed by atoms with E-state index in [0.717, 1.165) is 19.2 Å². The minimum Gasteiger partial charge on any atom is -0.478 e. The summed E-state index contributed by atoms with van der Waals surface area (Å²) in [5.74, 6) is -4.28. The van der Waals surface area contributed by atoms with Crippen LogP contribution in [0.5, 0.6) is 0 Å². The van der Waals surface area contributed by atoms with Gasteiger partial charge in [-0.15, -0.1) is 3.71 Å². The Labute approximate surface area is 184 Å². The Hall–Kier alpha value is -3.06. The number of carboxylic acid groups (broad SMARTS) is 1. The van der Waals surface area contributed by atoms with Gasteiger partial charge in [0.2, 0.25) is 20.0 Å². The van der Waals surface area contributed by atoms with Gasteiger partial charge in [0.05, 0.1) is 30.9 Å². The molecule has 1 N–H and O–H groups in total. The van der Waals surface area contributed by atoms with E-state index in [-0.39, 0.29) is 32.5 Å². The van der Waals surface area contributed by atoms with Crippen molar-refractivity contribution in [3.63, 3.8) is 0 Å². The van der Waals surface area contributed by atoms with E-state index in [0.29, 0.717) is 18.9 Å². The monoisotopic (exact) mass is 488 g/mol. The quantitative estimate of drug-likeness (QED) is 0.551. The third-order valence-electron chi connectivity index (χ3n) is 4.25. The number of carbonyl (C=O) groups is 2. The van der Waals surface area contributed by atoms with Gasteiger partial charge >= 0.3 is 11.9 Å². The van der Waals surface area contributed by atoms with E-state index >= 15 is 0 Å². The molecule has 1 aromatic heterocycles. The van der Waals surface area contributed by atoms with Crippen LogP contribution in [0, 0.1) is 5.82 Å². The number of pyridine rings is 1. The molecule has 10 nitrogen and oxygen atoms in total. The minimum atomic E-state index is -4.56. The number of halogens is 1. The SMILES string of the molecule is CCCc1nc(N(S(C)(=O)=O)S(C)(=O)=O)c(C(=O)O)c(-c2ccc(F)cc2)c1C(=O)OC. The second kappa shape index (κ2) is 9.20. The number of aromatic carboxylic acids is 1. The smallest absolute Gasteiger partial charge is 0.340 e. The maximum atomic E-state index is 13.5. The molecule has 0 fully saturated rings. The molecular weight excluding hydrogens is 467 g/mol. The molecule has 0 radical (unpaired) electrons. The van der Waals surface area contributed by atoms with Crippen molar-refractivity contribution in [3.05, 3.63) is 46.9 Å². The molecule has 0 aliphatic rings. The molecule has 0 unspecified atom stereocenters. The highest BCUT2D eigenvalue weighted by Gasteiger charge is 2.37. The summed E-state index contributed by atoms with van der Waals surface area (Å²) in [5.41, 5.74) is -1.55. The maximum Gasteiger partial charge on any atom is 0.340 e. The van der Waals surface area contributed by atoms with E-state index in [2.05, 4.69) is 4.98 Å². The molecule has 0 saturated carbocycles. The lowest BCUT2D eigenvalue weighted by molar-refractivity contribution is 0.0599. The Morgan fingerprint density at radius 1 is 1.06 bits per heavy atom. The number of ether oxygens (including phenoxy) is 1. The fourth-order valence-electron chi connectivity index (χ4n) is 3.16. The number of hydrogen-bond donors (Lipinski definition) is 1. The second-order valence-corrected chi connectivity index (χ2v) is 10.7. The number of benzene rings is 1. The number of aryl methyl sites for hydroxylation is 1. The van der Waals surface area contributed by atoms with Crippen LogP contribution in [0.15, 0.2) is 24.3 Å². The Bertz CT molecular complexity index is 1240. The molecule has 1 heterocycles. The van der Waals surface area contributed by atoms with E-state index in [4.69, 9.17) is 4.74 Å². The summed E-state index contributed by atoms with van der Waals surface area (Å²) in [7, 11) is -8.07. The van der Waals surface area contributed by atoms with Crippen LogP contribution in [0.3, 0.4) is 0 Å². The first-order chi connectivity index (χ1) is 14.7. The number of aromatic nitrogens is 1. The summed E-state index contributed by atoms with van der Waals surface area (Å²) in [5, 5.41) is 9.96. The molecule has 2 aromatic rings. The summed E-state index contributed by atoms with van der Waals surface area (Å²) in [6.07, 6.45) is 1.61. The number of hydrogen-bond acceptors (Lipinski definition) is 8. The zero-order valence-electron chi connectivity index (χ0n) is 17.6. The largest absolute Gasteiger partial charge is 0.478 e. The van der Waals surface area contributed by atoms with Crippen molar-refractivity contribution in [1.82, 2.24) is 4.98 Å². The summed E-state index contributed by atoms with van der Waals surface area (Å²) in [6.45, 7) is 1.72. The molecule has 0 aliphatic carbocycles. The normalized spacial score (nSPS) is 11.8. The molecule has 174 valence electrons. The van der Waals surface area contributed by atoms with Gasteiger partial charge in [-0.3, -0.25) is 0 Å². The van der Waals surface area contributed by atoms with Gasteiger partial charge in [-0.05, 0) is 24.1 Å². The summed E-state index contributed by atoms with van der Waals surface area (Å²) >= 11 is 0. The topological polar surface area (TPSA) is 148 Å². The van der Waals surface area contributed by atoms with Gasteiger partial charge in [-0.1, -0.05) is 25.5 Å². The van der Waals surface area contributed by atoms with Crippen LogP contribution in [-0.2, 0) is 31.2 Å². The van der Waals surface area contributed by atoms with Gasteiger partial charge in [-0.25, -0.2) is 35.8 Å². The zero-order valence-corrected chi connectivity index (χ0v) is 19.3. The lowest BCUT2D eigenvalue weighted by Gasteiger charge is -2.24. The second-order valence-electron chi connectivity index (χ2n) is 6.78. The highest BCUT2D eigenvalue weighted by molar-refractivity contribution is 8.09. The first-order valence-corrected chi connectivity index (χ1v) is 12.8. The molecule has 0 saturated heterocycles. The average Bonchev–Trinajstić information content (AvgIpc) is 2.65. The van der Waals surface area contributed by atoms with E-state index in [1.807, 2.05) is 0 Å². The molecule has 0 atom stereocenters. The first-order valence-electron chi connectivity index (χ1n) is 9.08. The van der Waals surface area contributed by atoms with Crippen molar-refractivity contribution in [2.75, 3.05) is 23.3 Å². The zero-order chi connectivity index (χ0) is 24.4. The van der Waals surface area contributed by atoms with Gasteiger partial charge in [0.1, 0.15) is 11.4 Å². The van der Waals surface area contributed by atoms with Crippen molar-refractivity contribution < 1.29 is 40.7 Å². The van der Waals surface area contributed by atoms with Crippen molar-refractivity contribution in [2.24, 2.45) is 0 Å². The van der Waals surface area contributed by atoms with Crippen molar-refractivity contribution in [2.45, 2.75) is 19.8 Å². The highest BCUT2D eigenvalue weighted by Crippen LogP contribution is 2.37. The fourth-order valence-corrected chi connectivity index (χ4v) is 6.02. The number of sulfonamides is 2. The number of nitrogens with zero attached hydrogens (tertiary/aromatic N) is 2. The molecule has 32 heavy (non-hydrogen) atoms. The lowest BCUT2D eigenvalue weighted by Crippen LogP contribution is -2.37. The van der Waals surface area contributed by atoms with Crippen LogP contribution >= 0.6 is 0 Å². The first kappa shape index (κ1) is 25.2. The minimum absolute atomic E-state index is 0.0205. The van der Waals surface area contributed by atoms with Crippen molar-refractivity contribution in [3.8, 4) is 11.1 Å². The summed E-state index contributed by atoms with van der Waals surface area (Å²) in [6, 6.07) is 4.36. The Balaban J connectivity index is 3.23. The third-order valence-corrected chi connectivity index (χ3v) is 7.43. The van der Waals surface area contributed by atoms with E-state index in [1.54, 1.807) is 6.92 Å². The molecular formula is C19H21FN2O8S2. The maximum absolute atomic E-state index is 13.5. The van der Waals surface area contributed by atoms with Crippen LogP contribution < -0.4 is 3.71 Å². The molecule has 2 rings (SSSR count). The van der Waals surface area contributed by atoms with Crippen LogP contribution in [-0.4, -0.2) is 58.5 Å². The predicted molar refractivity (Wildman–Crippen MR) is 114 cm³/mol. The Morgan fingerprint density at radius 2 is 1.59 bits per heavy atom. The molecule has 1 aromatic carbocycles. The summed E-state index contributed by atoms with van der Waals surface area (Å²) < 4.78 is 67.7. The van der Waals surface area contributed by atoms with E-state index in [1.165, 1.54) is 12.1 Å². The van der Waals surface area contributed by atoms with Gasteiger partial charge in [0, 0.05) is 5.56 Å². The molecule has 0 spiro atoms. The third kappa shape index (κ3) is 5.05. The number of rotatable bonds is 8. The van der Waals surface area contributed by atoms with Gasteiger partial charge in [0.15, 0.2) is 5.82 Å². The molecule has 0 aliphatic heterocycles. The van der Waals surface area contributed by atoms with Crippen LogP contribution in [0.2, 0.25) is 0 Å². The molecule has 0 bridgehead atoms. The highest BCUT2D eigenvalue weighted by atomic mass is 32.3. The standard InChI is InChI=1S/C19H21FN2O8S2/c1-5-6-13-15(19(25)30-2)14(11-7-9-12(20)10-8-11)16(18(23)24)17(21-13)22(31(3,26)27)32(4,28)29/h7-10H,5-6H2,1-4H3,(H,23,24). The number of anilines is 1. The number of methoxy groups -OCH3 is 1. The van der Waals surface area contributed by atoms with Gasteiger partial charge < -0.3 is 9.84 Å². The average molecular weight is 489 g/mol.